The lowest BCUT2D eigenvalue weighted by atomic mass is 10.1. The van der Waals surface area contributed by atoms with E-state index < -0.39 is 0 Å². The highest BCUT2D eigenvalue weighted by Crippen LogP contribution is 2.25. The Morgan fingerprint density at radius 1 is 1.39 bits per heavy atom. The van der Waals surface area contributed by atoms with Crippen LogP contribution in [0.15, 0.2) is 28.4 Å². The van der Waals surface area contributed by atoms with Crippen molar-refractivity contribution in [2.24, 2.45) is 0 Å². The fourth-order valence-corrected chi connectivity index (χ4v) is 3.16. The molecular weight excluding hydrogens is 268 g/mol. The summed E-state index contributed by atoms with van der Waals surface area (Å²) in [6, 6.07) is 6.53. The predicted molar refractivity (Wildman–Crippen MR) is 74.4 cm³/mol. The normalized spacial score (nSPS) is 17.9. The average molecular weight is 281 g/mol. The highest BCUT2D eigenvalue weighted by molar-refractivity contribution is 7.07. The number of thiazole rings is 1. The molecule has 1 aliphatic rings. The van der Waals surface area contributed by atoms with Gasteiger partial charge in [-0.15, -0.1) is 0 Å². The molecule has 0 radical (unpaired) electrons. The molecule has 1 aliphatic carbocycles. The van der Waals surface area contributed by atoms with Crippen LogP contribution in [0, 0.1) is 0 Å². The van der Waals surface area contributed by atoms with Crippen molar-refractivity contribution in [1.82, 2.24) is 10.3 Å². The Labute approximate surface area is 114 Å². The molecule has 0 amide bonds. The molecule has 0 fully saturated rings. The Kier molecular flexibility index (Phi) is 3.24. The van der Waals surface area contributed by atoms with Gasteiger partial charge in [0.25, 0.3) is 0 Å². The molecule has 18 heavy (non-hydrogen) atoms. The first-order chi connectivity index (χ1) is 8.70. The molecule has 1 atom stereocenters. The van der Waals surface area contributed by atoms with Crippen molar-refractivity contribution in [3.63, 3.8) is 0 Å². The number of aromatic amines is 1. The Morgan fingerprint density at radius 3 is 3.00 bits per heavy atom. The number of rotatable bonds is 3. The molecule has 1 heterocycles. The lowest BCUT2D eigenvalue weighted by Gasteiger charge is -2.10. The van der Waals surface area contributed by atoms with E-state index in [9.17, 15) is 4.79 Å². The van der Waals surface area contributed by atoms with E-state index in [0.29, 0.717) is 12.6 Å². The van der Waals surface area contributed by atoms with Crippen LogP contribution in [-0.4, -0.2) is 11.0 Å². The number of benzene rings is 1. The van der Waals surface area contributed by atoms with Crippen LogP contribution in [0.4, 0.5) is 0 Å². The van der Waals surface area contributed by atoms with E-state index in [-0.39, 0.29) is 4.87 Å². The van der Waals surface area contributed by atoms with Crippen LogP contribution >= 0.6 is 22.9 Å². The second-order valence-electron chi connectivity index (χ2n) is 4.57. The van der Waals surface area contributed by atoms with E-state index in [1.807, 2.05) is 17.5 Å². The zero-order valence-electron chi connectivity index (χ0n) is 9.70. The monoisotopic (exact) mass is 280 g/mol. The van der Waals surface area contributed by atoms with Gasteiger partial charge in [-0.3, -0.25) is 4.79 Å². The summed E-state index contributed by atoms with van der Waals surface area (Å²) in [4.78, 5) is 13.8. The standard InChI is InChI=1S/C13H13ClN2OS/c14-10-2-1-8-4-11(5-9(8)3-10)15-6-12-7-18-13(17)16-12/h1-3,7,11,15H,4-6H2,(H,16,17). The van der Waals surface area contributed by atoms with Crippen LogP contribution in [0.3, 0.4) is 0 Å². The molecule has 3 nitrogen and oxygen atoms in total. The molecule has 0 saturated heterocycles. The van der Waals surface area contributed by atoms with E-state index in [4.69, 9.17) is 11.6 Å². The number of halogens is 1. The Balaban J connectivity index is 1.62. The highest BCUT2D eigenvalue weighted by Gasteiger charge is 2.20. The molecule has 1 aromatic heterocycles. The third kappa shape index (κ3) is 2.51. The van der Waals surface area contributed by atoms with Crippen molar-refractivity contribution < 1.29 is 0 Å². The van der Waals surface area contributed by atoms with Gasteiger partial charge in [0.05, 0.1) is 0 Å². The average Bonchev–Trinajstić information content (AvgIpc) is 2.92. The number of hydrogen-bond donors (Lipinski definition) is 2. The topological polar surface area (TPSA) is 44.9 Å². The van der Waals surface area contributed by atoms with Crippen LogP contribution in [0.1, 0.15) is 16.8 Å². The first-order valence-electron chi connectivity index (χ1n) is 5.88. The predicted octanol–water partition coefficient (Wildman–Crippen LogP) is 2.35. The highest BCUT2D eigenvalue weighted by atomic mass is 35.5. The van der Waals surface area contributed by atoms with Crippen LogP contribution in [0.5, 0.6) is 0 Å². The molecule has 2 aromatic rings. The van der Waals surface area contributed by atoms with Crippen molar-refractivity contribution in [1.29, 1.82) is 0 Å². The Morgan fingerprint density at radius 2 is 2.22 bits per heavy atom. The van der Waals surface area contributed by atoms with Crippen molar-refractivity contribution in [3.05, 3.63) is 55.1 Å². The van der Waals surface area contributed by atoms with Crippen LogP contribution in [-0.2, 0) is 19.4 Å². The number of fused-ring (bicyclic) bond motifs is 1. The summed E-state index contributed by atoms with van der Waals surface area (Å²) < 4.78 is 0. The molecular formula is C13H13ClN2OS. The van der Waals surface area contributed by atoms with Crippen molar-refractivity contribution in [3.8, 4) is 0 Å². The van der Waals surface area contributed by atoms with Crippen LogP contribution in [0.2, 0.25) is 5.02 Å². The Hall–Kier alpha value is -1.10. The quantitative estimate of drug-likeness (QED) is 0.906. The summed E-state index contributed by atoms with van der Waals surface area (Å²) in [7, 11) is 0. The Bertz CT molecular complexity index is 619. The molecule has 1 unspecified atom stereocenters. The van der Waals surface area contributed by atoms with Gasteiger partial charge in [0, 0.05) is 28.7 Å². The second-order valence-corrected chi connectivity index (χ2v) is 5.85. The summed E-state index contributed by atoms with van der Waals surface area (Å²) in [5.41, 5.74) is 3.66. The number of hydrogen-bond acceptors (Lipinski definition) is 3. The summed E-state index contributed by atoms with van der Waals surface area (Å²) in [6.45, 7) is 0.713. The van der Waals surface area contributed by atoms with Crippen LogP contribution in [0.25, 0.3) is 0 Å². The third-order valence-corrected chi connectivity index (χ3v) is 4.21. The number of H-pyrrole nitrogens is 1. The van der Waals surface area contributed by atoms with Gasteiger partial charge in [-0.25, -0.2) is 0 Å². The fraction of sp³-hybridized carbons (Fsp3) is 0.308. The van der Waals surface area contributed by atoms with E-state index in [0.717, 1.165) is 23.6 Å². The van der Waals surface area contributed by atoms with Gasteiger partial charge in [0.2, 0.25) is 0 Å². The summed E-state index contributed by atoms with van der Waals surface area (Å²) in [6.07, 6.45) is 2.03. The maximum Gasteiger partial charge on any atom is 0.304 e. The minimum atomic E-state index is 0.00768. The summed E-state index contributed by atoms with van der Waals surface area (Å²) in [5.74, 6) is 0. The smallest absolute Gasteiger partial charge is 0.304 e. The molecule has 94 valence electrons. The van der Waals surface area contributed by atoms with Gasteiger partial charge in [-0.1, -0.05) is 29.0 Å². The zero-order chi connectivity index (χ0) is 12.5. The lowest BCUT2D eigenvalue weighted by Crippen LogP contribution is -2.29. The molecule has 1 aromatic carbocycles. The van der Waals surface area contributed by atoms with Gasteiger partial charge in [0.1, 0.15) is 0 Å². The van der Waals surface area contributed by atoms with Gasteiger partial charge in [-0.2, -0.15) is 0 Å². The first-order valence-corrected chi connectivity index (χ1v) is 7.14. The molecule has 0 bridgehead atoms. The van der Waals surface area contributed by atoms with Crippen molar-refractivity contribution in [2.75, 3.05) is 0 Å². The van der Waals surface area contributed by atoms with E-state index in [1.54, 1.807) is 0 Å². The SMILES string of the molecule is O=c1[nH]c(CNC2Cc3ccc(Cl)cc3C2)cs1. The first kappa shape index (κ1) is 12.0. The molecule has 2 N–H and O–H groups in total. The molecule has 0 aliphatic heterocycles. The summed E-state index contributed by atoms with van der Waals surface area (Å²) in [5, 5.41) is 6.14. The van der Waals surface area contributed by atoms with Crippen LogP contribution < -0.4 is 10.2 Å². The van der Waals surface area contributed by atoms with Gasteiger partial charge in [-0.05, 0) is 36.1 Å². The number of nitrogens with one attached hydrogen (secondary N) is 2. The molecule has 0 spiro atoms. The lowest BCUT2D eigenvalue weighted by molar-refractivity contribution is 0.528. The van der Waals surface area contributed by atoms with Crippen molar-refractivity contribution >= 4 is 22.9 Å². The molecule has 3 rings (SSSR count). The van der Waals surface area contributed by atoms with Gasteiger partial charge < -0.3 is 10.3 Å². The minimum Gasteiger partial charge on any atom is -0.315 e. The maximum atomic E-state index is 11.0. The largest absolute Gasteiger partial charge is 0.315 e. The molecule has 5 heteroatoms. The number of aromatic nitrogens is 1. The maximum absolute atomic E-state index is 11.0. The second kappa shape index (κ2) is 4.88. The third-order valence-electron chi connectivity index (χ3n) is 3.25. The fourth-order valence-electron chi connectivity index (χ4n) is 2.39. The van der Waals surface area contributed by atoms with E-state index in [1.165, 1.54) is 22.5 Å². The summed E-state index contributed by atoms with van der Waals surface area (Å²) >= 11 is 7.20. The van der Waals surface area contributed by atoms with E-state index >= 15 is 0 Å². The van der Waals surface area contributed by atoms with Gasteiger partial charge >= 0.3 is 4.87 Å². The van der Waals surface area contributed by atoms with Gasteiger partial charge in [0.15, 0.2) is 0 Å². The molecule has 0 saturated carbocycles. The van der Waals surface area contributed by atoms with E-state index in [2.05, 4.69) is 16.4 Å². The van der Waals surface area contributed by atoms with Crippen molar-refractivity contribution in [2.45, 2.75) is 25.4 Å². The zero-order valence-corrected chi connectivity index (χ0v) is 11.3. The minimum absolute atomic E-state index is 0.00768.